The molecule has 1 N–H and O–H groups in total. The minimum Gasteiger partial charge on any atom is -0.363 e. The van der Waals surface area contributed by atoms with Gasteiger partial charge in [0.05, 0.1) is 23.2 Å². The van der Waals surface area contributed by atoms with Gasteiger partial charge in [-0.05, 0) is 45.2 Å². The predicted molar refractivity (Wildman–Crippen MR) is 121 cm³/mol. The van der Waals surface area contributed by atoms with E-state index >= 15 is 0 Å². The van der Waals surface area contributed by atoms with E-state index in [1.165, 1.54) is 5.56 Å². The van der Waals surface area contributed by atoms with E-state index in [-0.39, 0.29) is 17.0 Å². The number of hydrogen-bond acceptors (Lipinski definition) is 5. The van der Waals surface area contributed by atoms with Crippen LogP contribution in [0.5, 0.6) is 0 Å². The van der Waals surface area contributed by atoms with E-state index in [1.807, 2.05) is 35.1 Å². The van der Waals surface area contributed by atoms with Crippen molar-refractivity contribution in [3.05, 3.63) is 83.8 Å². The van der Waals surface area contributed by atoms with Crippen molar-refractivity contribution in [3.8, 4) is 11.5 Å². The number of rotatable bonds is 4. The van der Waals surface area contributed by atoms with Crippen LogP contribution in [0.4, 0.5) is 5.82 Å². The van der Waals surface area contributed by atoms with E-state index in [2.05, 4.69) is 79.7 Å². The molecule has 0 spiro atoms. The molecule has 1 aliphatic heterocycles. The van der Waals surface area contributed by atoms with E-state index in [1.54, 1.807) is 0 Å². The average molecular weight is 414 g/mol. The van der Waals surface area contributed by atoms with Crippen LogP contribution in [-0.4, -0.2) is 19.9 Å². The van der Waals surface area contributed by atoms with Crippen molar-refractivity contribution in [2.24, 2.45) is 0 Å². The Morgan fingerprint density at radius 3 is 2.42 bits per heavy atom. The number of hydrogen-bond donors (Lipinski definition) is 1. The number of nitrogens with one attached hydrogen (secondary N) is 1. The Morgan fingerprint density at radius 1 is 1.03 bits per heavy atom. The quantitative estimate of drug-likeness (QED) is 0.475. The van der Waals surface area contributed by atoms with Crippen LogP contribution >= 0.6 is 0 Å². The summed E-state index contributed by atoms with van der Waals surface area (Å²) in [6.45, 7) is 8.64. The SMILES string of the molecule is CC(C)(c1ccccc1)c1noc(-c2cnn3c2NC(c2ccccc2)CC3(C)C)n1. The fourth-order valence-corrected chi connectivity index (χ4v) is 4.36. The number of anilines is 1. The molecule has 0 amide bonds. The van der Waals surface area contributed by atoms with E-state index in [0.717, 1.165) is 23.4 Å². The first-order valence-electron chi connectivity index (χ1n) is 10.7. The van der Waals surface area contributed by atoms with Crippen molar-refractivity contribution in [2.45, 2.75) is 51.1 Å². The van der Waals surface area contributed by atoms with Crippen LogP contribution < -0.4 is 5.32 Å². The van der Waals surface area contributed by atoms with Crippen LogP contribution in [0.2, 0.25) is 0 Å². The molecule has 6 nitrogen and oxygen atoms in total. The van der Waals surface area contributed by atoms with Gasteiger partial charge in [-0.2, -0.15) is 10.1 Å². The third-order valence-electron chi connectivity index (χ3n) is 6.27. The average Bonchev–Trinajstić information content (AvgIpc) is 3.42. The molecule has 0 saturated heterocycles. The Bertz CT molecular complexity index is 1190. The van der Waals surface area contributed by atoms with Crippen molar-refractivity contribution in [2.75, 3.05) is 5.32 Å². The number of nitrogens with zero attached hydrogens (tertiary/aromatic N) is 4. The molecule has 2 aromatic carbocycles. The van der Waals surface area contributed by atoms with Crippen LogP contribution in [0.25, 0.3) is 11.5 Å². The van der Waals surface area contributed by atoms with Crippen molar-refractivity contribution in [1.29, 1.82) is 0 Å². The van der Waals surface area contributed by atoms with Gasteiger partial charge in [-0.25, -0.2) is 4.68 Å². The molecule has 2 aromatic heterocycles. The van der Waals surface area contributed by atoms with Crippen molar-refractivity contribution < 1.29 is 4.52 Å². The second-order valence-electron chi connectivity index (χ2n) is 9.36. The van der Waals surface area contributed by atoms with Crippen molar-refractivity contribution in [1.82, 2.24) is 19.9 Å². The monoisotopic (exact) mass is 413 g/mol. The molecule has 1 aliphatic rings. The molecule has 31 heavy (non-hydrogen) atoms. The normalized spacial score (nSPS) is 17.7. The van der Waals surface area contributed by atoms with Gasteiger partial charge in [0.2, 0.25) is 0 Å². The molecule has 158 valence electrons. The summed E-state index contributed by atoms with van der Waals surface area (Å²) in [7, 11) is 0. The van der Waals surface area contributed by atoms with Gasteiger partial charge in [-0.15, -0.1) is 0 Å². The van der Waals surface area contributed by atoms with Gasteiger partial charge in [-0.3, -0.25) is 0 Å². The fourth-order valence-electron chi connectivity index (χ4n) is 4.36. The summed E-state index contributed by atoms with van der Waals surface area (Å²) >= 11 is 0. The molecule has 0 saturated carbocycles. The zero-order valence-corrected chi connectivity index (χ0v) is 18.3. The van der Waals surface area contributed by atoms with Crippen LogP contribution in [0.15, 0.2) is 71.4 Å². The fraction of sp³-hybridized carbons (Fsp3) is 0.320. The molecule has 4 aromatic rings. The minimum atomic E-state index is -0.366. The summed E-state index contributed by atoms with van der Waals surface area (Å²) in [4.78, 5) is 4.78. The highest BCUT2D eigenvalue weighted by molar-refractivity contribution is 5.70. The lowest BCUT2D eigenvalue weighted by Gasteiger charge is -2.38. The highest BCUT2D eigenvalue weighted by Gasteiger charge is 2.37. The van der Waals surface area contributed by atoms with Crippen LogP contribution in [0.3, 0.4) is 0 Å². The lowest BCUT2D eigenvalue weighted by atomic mass is 9.84. The Hall–Kier alpha value is -3.41. The number of benzene rings is 2. The van der Waals surface area contributed by atoms with E-state index in [0.29, 0.717) is 11.7 Å². The van der Waals surface area contributed by atoms with Gasteiger partial charge < -0.3 is 9.84 Å². The largest absolute Gasteiger partial charge is 0.363 e. The Balaban J connectivity index is 1.52. The van der Waals surface area contributed by atoms with Gasteiger partial charge in [0.15, 0.2) is 5.82 Å². The second-order valence-corrected chi connectivity index (χ2v) is 9.36. The Labute approximate surface area is 182 Å². The first-order chi connectivity index (χ1) is 14.9. The molecule has 1 atom stereocenters. The summed E-state index contributed by atoms with van der Waals surface area (Å²) in [6, 6.07) is 20.9. The third kappa shape index (κ3) is 3.32. The zero-order chi connectivity index (χ0) is 21.6. The molecular weight excluding hydrogens is 386 g/mol. The van der Waals surface area contributed by atoms with Crippen molar-refractivity contribution >= 4 is 5.82 Å². The molecule has 6 heteroatoms. The van der Waals surface area contributed by atoms with E-state index in [4.69, 9.17) is 9.51 Å². The van der Waals surface area contributed by atoms with Gasteiger partial charge in [0.25, 0.3) is 5.89 Å². The summed E-state index contributed by atoms with van der Waals surface area (Å²) in [5.74, 6) is 2.05. The molecule has 0 bridgehead atoms. The van der Waals surface area contributed by atoms with Gasteiger partial charge in [-0.1, -0.05) is 65.8 Å². The topological polar surface area (TPSA) is 68.8 Å². The zero-order valence-electron chi connectivity index (χ0n) is 18.3. The number of fused-ring (bicyclic) bond motifs is 1. The van der Waals surface area contributed by atoms with Crippen LogP contribution in [0.1, 0.15) is 57.1 Å². The van der Waals surface area contributed by atoms with E-state index < -0.39 is 0 Å². The molecule has 3 heterocycles. The maximum atomic E-state index is 5.74. The Kier molecular flexibility index (Phi) is 4.46. The second kappa shape index (κ2) is 7.08. The minimum absolute atomic E-state index is 0.147. The lowest BCUT2D eigenvalue weighted by Crippen LogP contribution is -2.37. The molecule has 0 aliphatic carbocycles. The molecule has 1 unspecified atom stereocenters. The molecule has 0 radical (unpaired) electrons. The number of aromatic nitrogens is 4. The maximum absolute atomic E-state index is 5.74. The highest BCUT2D eigenvalue weighted by atomic mass is 16.5. The first kappa shape index (κ1) is 19.5. The van der Waals surface area contributed by atoms with Gasteiger partial charge >= 0.3 is 0 Å². The summed E-state index contributed by atoms with van der Waals surface area (Å²) in [6.07, 6.45) is 2.76. The van der Waals surface area contributed by atoms with Crippen LogP contribution in [0, 0.1) is 0 Å². The summed E-state index contributed by atoms with van der Waals surface area (Å²) in [5.41, 5.74) is 2.71. The first-order valence-corrected chi connectivity index (χ1v) is 10.7. The van der Waals surface area contributed by atoms with Gasteiger partial charge in [0.1, 0.15) is 11.4 Å². The summed E-state index contributed by atoms with van der Waals surface area (Å²) in [5, 5.41) is 12.7. The molecular formula is C25H27N5O. The predicted octanol–water partition coefficient (Wildman–Crippen LogP) is 5.55. The molecule has 5 rings (SSSR count). The van der Waals surface area contributed by atoms with E-state index in [9.17, 15) is 0 Å². The highest BCUT2D eigenvalue weighted by Crippen LogP contribution is 2.42. The van der Waals surface area contributed by atoms with Gasteiger partial charge in [0, 0.05) is 0 Å². The summed E-state index contributed by atoms with van der Waals surface area (Å²) < 4.78 is 7.77. The standard InChI is InChI=1S/C25H27N5O/c1-24(2)15-20(17-11-7-5-8-12-17)27-21-19(16-26-30(21)24)22-28-23(29-31-22)25(3,4)18-13-9-6-10-14-18/h5-14,16,20,27H,15H2,1-4H3. The van der Waals surface area contributed by atoms with Crippen LogP contribution in [-0.2, 0) is 11.0 Å². The third-order valence-corrected chi connectivity index (χ3v) is 6.27. The Morgan fingerprint density at radius 2 is 1.71 bits per heavy atom. The smallest absolute Gasteiger partial charge is 0.263 e. The molecule has 0 fully saturated rings. The maximum Gasteiger partial charge on any atom is 0.263 e. The van der Waals surface area contributed by atoms with Crippen molar-refractivity contribution in [3.63, 3.8) is 0 Å². The lowest BCUT2D eigenvalue weighted by molar-refractivity contribution is 0.263.